The molecule has 0 aliphatic rings. The highest BCUT2D eigenvalue weighted by Gasteiger charge is 2.22. The van der Waals surface area contributed by atoms with Crippen molar-refractivity contribution in [3.05, 3.63) is 77.0 Å². The van der Waals surface area contributed by atoms with E-state index in [1.54, 1.807) is 0 Å². The molecule has 2 aromatic heterocycles. The smallest absolute Gasteiger partial charge is 0.200 e. The third kappa shape index (κ3) is 3.58. The van der Waals surface area contributed by atoms with Crippen molar-refractivity contribution >= 4 is 50.4 Å². The fourth-order valence-electron chi connectivity index (χ4n) is 5.02. The van der Waals surface area contributed by atoms with Crippen LogP contribution in [0.25, 0.3) is 42.2 Å². The van der Waals surface area contributed by atoms with Crippen LogP contribution in [-0.4, -0.2) is 8.07 Å². The summed E-state index contributed by atoms with van der Waals surface area (Å²) in [5, 5.41) is 5.50. The Morgan fingerprint density at radius 1 is 0.812 bits per heavy atom. The number of rotatable bonds is 3. The SMILES string of the molecule is Cc1cc(C)c(C)c(-c2c3sc4c5cc(C[Si](C)(C)C)ccc5ccc4c3cc[n+]2C)c1. The molecule has 3 aromatic carbocycles. The minimum atomic E-state index is -1.16. The van der Waals surface area contributed by atoms with E-state index >= 15 is 0 Å². The van der Waals surface area contributed by atoms with Gasteiger partial charge in [0.25, 0.3) is 0 Å². The van der Waals surface area contributed by atoms with Gasteiger partial charge < -0.3 is 0 Å². The molecule has 2 heterocycles. The molecule has 162 valence electrons. The van der Waals surface area contributed by atoms with Gasteiger partial charge in [-0.1, -0.05) is 61.6 Å². The average molecular weight is 455 g/mol. The first-order chi connectivity index (χ1) is 15.1. The molecule has 0 N–H and O–H groups in total. The summed E-state index contributed by atoms with van der Waals surface area (Å²) in [6, 6.07) is 19.9. The number of aryl methyl sites for hydroxylation is 3. The maximum absolute atomic E-state index is 2.47. The van der Waals surface area contributed by atoms with Crippen LogP contribution in [-0.2, 0) is 13.1 Å². The Kier molecular flexibility index (Phi) is 5.03. The summed E-state index contributed by atoms with van der Waals surface area (Å²) in [5.41, 5.74) is 8.23. The zero-order chi connectivity index (χ0) is 22.8. The van der Waals surface area contributed by atoms with Crippen molar-refractivity contribution in [2.45, 2.75) is 46.5 Å². The molecule has 0 atom stereocenters. The van der Waals surface area contributed by atoms with Gasteiger partial charge in [-0.05, 0) is 60.3 Å². The number of pyridine rings is 1. The van der Waals surface area contributed by atoms with Crippen LogP contribution < -0.4 is 4.57 Å². The van der Waals surface area contributed by atoms with E-state index in [-0.39, 0.29) is 0 Å². The molecular formula is C29H32NSSi+. The number of aromatic nitrogens is 1. The number of thiophene rings is 1. The van der Waals surface area contributed by atoms with Crippen LogP contribution in [0, 0.1) is 20.8 Å². The van der Waals surface area contributed by atoms with E-state index < -0.39 is 8.07 Å². The lowest BCUT2D eigenvalue weighted by molar-refractivity contribution is -0.659. The number of fused-ring (bicyclic) bond motifs is 5. The van der Waals surface area contributed by atoms with Gasteiger partial charge >= 0.3 is 0 Å². The van der Waals surface area contributed by atoms with Crippen molar-refractivity contribution in [2.75, 3.05) is 0 Å². The highest BCUT2D eigenvalue weighted by Crippen LogP contribution is 2.42. The minimum absolute atomic E-state index is 1.16. The van der Waals surface area contributed by atoms with Gasteiger partial charge in [-0.3, -0.25) is 0 Å². The van der Waals surface area contributed by atoms with Gasteiger partial charge in [0.1, 0.15) is 11.7 Å². The van der Waals surface area contributed by atoms with E-state index in [2.05, 4.69) is 107 Å². The Morgan fingerprint density at radius 3 is 2.28 bits per heavy atom. The van der Waals surface area contributed by atoms with Crippen molar-refractivity contribution in [3.63, 3.8) is 0 Å². The summed E-state index contributed by atoms with van der Waals surface area (Å²) in [4.78, 5) is 0. The maximum atomic E-state index is 2.47. The Morgan fingerprint density at radius 2 is 1.53 bits per heavy atom. The second-order valence-corrected chi connectivity index (χ2v) is 17.1. The third-order valence-corrected chi connectivity index (χ3v) is 9.34. The van der Waals surface area contributed by atoms with Crippen molar-refractivity contribution in [1.82, 2.24) is 0 Å². The lowest BCUT2D eigenvalue weighted by Gasteiger charge is -2.16. The van der Waals surface area contributed by atoms with E-state index in [0.717, 1.165) is 0 Å². The summed E-state index contributed by atoms with van der Waals surface area (Å²) in [6.45, 7) is 14.0. The molecule has 0 radical (unpaired) electrons. The lowest BCUT2D eigenvalue weighted by Crippen LogP contribution is -2.30. The topological polar surface area (TPSA) is 3.88 Å². The van der Waals surface area contributed by atoms with Crippen molar-refractivity contribution in [2.24, 2.45) is 7.05 Å². The van der Waals surface area contributed by atoms with E-state index in [4.69, 9.17) is 0 Å². The molecule has 0 aliphatic heterocycles. The lowest BCUT2D eigenvalue weighted by atomic mass is 9.96. The molecule has 0 fully saturated rings. The molecule has 1 nitrogen and oxygen atoms in total. The van der Waals surface area contributed by atoms with Crippen molar-refractivity contribution < 1.29 is 4.57 Å². The third-order valence-electron chi connectivity index (χ3n) is 6.61. The first kappa shape index (κ1) is 21.4. The second kappa shape index (κ2) is 7.53. The fraction of sp³-hybridized carbons (Fsp3) is 0.276. The van der Waals surface area contributed by atoms with Crippen LogP contribution in [0.4, 0.5) is 0 Å². The van der Waals surface area contributed by atoms with E-state index in [1.165, 1.54) is 70.5 Å². The number of nitrogens with zero attached hydrogens (tertiary/aromatic N) is 1. The van der Waals surface area contributed by atoms with Crippen molar-refractivity contribution in [1.29, 1.82) is 0 Å². The first-order valence-electron chi connectivity index (χ1n) is 11.5. The van der Waals surface area contributed by atoms with Crippen LogP contribution in [0.15, 0.2) is 54.7 Å². The largest absolute Gasteiger partial charge is 0.230 e. The van der Waals surface area contributed by atoms with Crippen LogP contribution in [0.2, 0.25) is 19.6 Å². The minimum Gasteiger partial charge on any atom is -0.200 e. The Hall–Kier alpha value is -2.49. The van der Waals surface area contributed by atoms with E-state index in [0.29, 0.717) is 0 Å². The Bertz CT molecular complexity index is 1520. The van der Waals surface area contributed by atoms with E-state index in [1.807, 2.05) is 11.3 Å². The predicted molar refractivity (Wildman–Crippen MR) is 145 cm³/mol. The summed E-state index contributed by atoms with van der Waals surface area (Å²) < 4.78 is 5.11. The molecule has 0 unspecified atom stereocenters. The molecule has 0 saturated heterocycles. The first-order valence-corrected chi connectivity index (χ1v) is 16.0. The van der Waals surface area contributed by atoms with Gasteiger partial charge in [0.15, 0.2) is 6.20 Å². The quantitative estimate of drug-likeness (QED) is 0.192. The Labute approximate surface area is 196 Å². The molecular weight excluding hydrogens is 422 g/mol. The van der Waals surface area contributed by atoms with Crippen LogP contribution in [0.1, 0.15) is 22.3 Å². The molecule has 0 bridgehead atoms. The highest BCUT2D eigenvalue weighted by atomic mass is 32.1. The number of hydrogen-bond donors (Lipinski definition) is 0. The zero-order valence-electron chi connectivity index (χ0n) is 20.3. The van der Waals surface area contributed by atoms with Crippen LogP contribution in [0.5, 0.6) is 0 Å². The molecule has 0 aliphatic carbocycles. The molecule has 5 rings (SSSR count). The van der Waals surface area contributed by atoms with Crippen molar-refractivity contribution in [3.8, 4) is 11.3 Å². The average Bonchev–Trinajstić information content (AvgIpc) is 3.09. The van der Waals surface area contributed by atoms with Gasteiger partial charge in [0.05, 0.1) is 5.56 Å². The summed E-state index contributed by atoms with van der Waals surface area (Å²) >= 11 is 1.96. The monoisotopic (exact) mass is 454 g/mol. The van der Waals surface area contributed by atoms with Gasteiger partial charge in [0.2, 0.25) is 5.69 Å². The molecule has 32 heavy (non-hydrogen) atoms. The predicted octanol–water partition coefficient (Wildman–Crippen LogP) is 8.04. The number of benzene rings is 3. The summed E-state index contributed by atoms with van der Waals surface area (Å²) in [5.74, 6) is 0. The van der Waals surface area contributed by atoms with Crippen LogP contribution >= 0.6 is 11.3 Å². The number of hydrogen-bond acceptors (Lipinski definition) is 1. The summed E-state index contributed by atoms with van der Waals surface area (Å²) in [7, 11) is 1.02. The van der Waals surface area contributed by atoms with Gasteiger partial charge in [-0.15, -0.1) is 11.3 Å². The highest BCUT2D eigenvalue weighted by molar-refractivity contribution is 7.27. The normalized spacial score (nSPS) is 12.3. The molecule has 5 aromatic rings. The standard InChI is InChI=1S/C29H32NSSi/c1-18-14-19(2)20(3)25(15-18)27-29-24(12-13-30(27)4)23-11-10-22-9-8-21(17-32(5,6)7)16-26(22)28(23)31-29/h8-16H,17H2,1-7H3/q+1. The van der Waals surface area contributed by atoms with Crippen LogP contribution in [0.3, 0.4) is 0 Å². The molecule has 3 heteroatoms. The molecule has 0 saturated carbocycles. The Balaban J connectivity index is 1.85. The van der Waals surface area contributed by atoms with Gasteiger partial charge in [-0.25, -0.2) is 0 Å². The summed E-state index contributed by atoms with van der Waals surface area (Å²) in [6.07, 6.45) is 2.23. The van der Waals surface area contributed by atoms with Gasteiger partial charge in [-0.2, -0.15) is 4.57 Å². The maximum Gasteiger partial charge on any atom is 0.230 e. The van der Waals surface area contributed by atoms with Gasteiger partial charge in [0, 0.05) is 29.6 Å². The second-order valence-electron chi connectivity index (χ2n) is 10.6. The molecule has 0 spiro atoms. The zero-order valence-corrected chi connectivity index (χ0v) is 22.1. The van der Waals surface area contributed by atoms with E-state index in [9.17, 15) is 0 Å². The fourth-order valence-corrected chi connectivity index (χ4v) is 7.89. The molecule has 0 amide bonds.